The largest absolute Gasteiger partial charge is 0.484 e. The van der Waals surface area contributed by atoms with Crippen molar-refractivity contribution in [2.24, 2.45) is 0 Å². The lowest BCUT2D eigenvalue weighted by Crippen LogP contribution is -2.06. The third-order valence-corrected chi connectivity index (χ3v) is 3.92. The molecule has 9 heteroatoms. The minimum atomic E-state index is -0.533. The third-order valence-electron chi connectivity index (χ3n) is 3.14. The molecule has 1 aliphatic heterocycles. The quantitative estimate of drug-likeness (QED) is 0.388. The zero-order chi connectivity index (χ0) is 17.3. The summed E-state index contributed by atoms with van der Waals surface area (Å²) in [5.74, 6) is 0.570. The van der Waals surface area contributed by atoms with Crippen molar-refractivity contribution in [3.8, 4) is 17.2 Å². The molecule has 0 saturated carbocycles. The Kier molecular flexibility index (Phi) is 5.01. The molecule has 126 valence electrons. The van der Waals surface area contributed by atoms with Crippen molar-refractivity contribution in [1.82, 2.24) is 0 Å². The highest BCUT2D eigenvalue weighted by Crippen LogP contribution is 2.40. The molecule has 0 aliphatic carbocycles. The highest BCUT2D eigenvalue weighted by Gasteiger charge is 2.25. The molecule has 0 bridgehead atoms. The first-order chi connectivity index (χ1) is 11.4. The van der Waals surface area contributed by atoms with Gasteiger partial charge in [0.15, 0.2) is 5.75 Å². The molecule has 1 saturated heterocycles. The van der Waals surface area contributed by atoms with Crippen LogP contribution >= 0.6 is 34.8 Å². The summed E-state index contributed by atoms with van der Waals surface area (Å²) >= 11 is 18.0. The molecule has 2 aromatic carbocycles. The number of hydrogen-bond donors (Lipinski definition) is 0. The third kappa shape index (κ3) is 4.02. The predicted molar refractivity (Wildman–Crippen MR) is 89.9 cm³/mol. The molecular weight excluding hydrogens is 381 g/mol. The molecule has 1 heterocycles. The predicted octanol–water partition coefficient (Wildman–Crippen LogP) is 5.12. The van der Waals surface area contributed by atoms with Gasteiger partial charge in [-0.05, 0) is 18.2 Å². The second kappa shape index (κ2) is 7.03. The standard InChI is InChI=1S/C15H10Cl3NO5/c16-8-3-11(17)15(12(18)4-8)24-9-1-2-13(19(20)21)14(5-9)23-7-10-6-22-10/h1-5,10H,6-7H2. The Bertz CT molecular complexity index is 772. The van der Waals surface area contributed by atoms with Crippen LogP contribution in [0.4, 0.5) is 5.69 Å². The van der Waals surface area contributed by atoms with Gasteiger partial charge in [-0.15, -0.1) is 0 Å². The molecule has 1 fully saturated rings. The van der Waals surface area contributed by atoms with Gasteiger partial charge in [0, 0.05) is 17.2 Å². The summed E-state index contributed by atoms with van der Waals surface area (Å²) in [5.41, 5.74) is -0.170. The van der Waals surface area contributed by atoms with Gasteiger partial charge in [-0.25, -0.2) is 0 Å². The van der Waals surface area contributed by atoms with E-state index in [9.17, 15) is 10.1 Å². The number of rotatable bonds is 6. The van der Waals surface area contributed by atoms with Crippen LogP contribution in [0.3, 0.4) is 0 Å². The van der Waals surface area contributed by atoms with Crippen LogP contribution in [0.1, 0.15) is 0 Å². The van der Waals surface area contributed by atoms with Crippen LogP contribution in [0.15, 0.2) is 30.3 Å². The van der Waals surface area contributed by atoms with Crippen molar-refractivity contribution in [1.29, 1.82) is 0 Å². The van der Waals surface area contributed by atoms with E-state index in [0.29, 0.717) is 17.4 Å². The van der Waals surface area contributed by atoms with E-state index in [1.54, 1.807) is 0 Å². The minimum Gasteiger partial charge on any atom is -0.484 e. The average molecular weight is 391 g/mol. The summed E-state index contributed by atoms with van der Waals surface area (Å²) in [6.45, 7) is 0.812. The maximum absolute atomic E-state index is 11.1. The molecule has 0 N–H and O–H groups in total. The Morgan fingerprint density at radius 1 is 1.21 bits per heavy atom. The molecule has 6 nitrogen and oxygen atoms in total. The molecule has 2 aromatic rings. The number of benzene rings is 2. The fourth-order valence-corrected chi connectivity index (χ4v) is 2.81. The summed E-state index contributed by atoms with van der Waals surface area (Å²) in [6.07, 6.45) is -0.0330. The van der Waals surface area contributed by atoms with E-state index < -0.39 is 4.92 Å². The van der Waals surface area contributed by atoms with Crippen molar-refractivity contribution >= 4 is 40.5 Å². The first-order valence-corrected chi connectivity index (χ1v) is 7.92. The molecule has 0 aromatic heterocycles. The van der Waals surface area contributed by atoms with Crippen LogP contribution in [0.2, 0.25) is 15.1 Å². The number of nitro groups is 1. The van der Waals surface area contributed by atoms with Crippen LogP contribution in [0, 0.1) is 10.1 Å². The summed E-state index contributed by atoms with van der Waals surface area (Å²) in [6, 6.07) is 7.09. The smallest absolute Gasteiger partial charge is 0.311 e. The molecular formula is C15H10Cl3NO5. The second-order valence-corrected chi connectivity index (χ2v) is 6.20. The molecule has 3 rings (SSSR count). The van der Waals surface area contributed by atoms with Gasteiger partial charge in [-0.1, -0.05) is 34.8 Å². The fraction of sp³-hybridized carbons (Fsp3) is 0.200. The normalized spacial score (nSPS) is 15.9. The lowest BCUT2D eigenvalue weighted by atomic mass is 10.2. The highest BCUT2D eigenvalue weighted by atomic mass is 35.5. The summed E-state index contributed by atoms with van der Waals surface area (Å²) in [5, 5.41) is 11.9. The molecule has 1 unspecified atom stereocenters. The molecule has 0 radical (unpaired) electrons. The summed E-state index contributed by atoms with van der Waals surface area (Å²) in [4.78, 5) is 10.6. The number of epoxide rings is 1. The van der Waals surface area contributed by atoms with E-state index in [-0.39, 0.29) is 39.9 Å². The van der Waals surface area contributed by atoms with Gasteiger partial charge in [0.1, 0.15) is 18.5 Å². The van der Waals surface area contributed by atoms with Crippen LogP contribution in [0.5, 0.6) is 17.2 Å². The topological polar surface area (TPSA) is 74.1 Å². The lowest BCUT2D eigenvalue weighted by Gasteiger charge is -2.12. The van der Waals surface area contributed by atoms with Gasteiger partial charge in [-0.2, -0.15) is 0 Å². The number of nitro benzene ring substituents is 1. The monoisotopic (exact) mass is 389 g/mol. The molecule has 1 aliphatic rings. The van der Waals surface area contributed by atoms with Gasteiger partial charge in [-0.3, -0.25) is 10.1 Å². The molecule has 0 spiro atoms. The number of hydrogen-bond acceptors (Lipinski definition) is 5. The van der Waals surface area contributed by atoms with E-state index in [1.807, 2.05) is 0 Å². The van der Waals surface area contributed by atoms with Crippen molar-refractivity contribution in [2.45, 2.75) is 6.10 Å². The fourth-order valence-electron chi connectivity index (χ4n) is 1.92. The minimum absolute atomic E-state index is 0.0330. The molecule has 24 heavy (non-hydrogen) atoms. The van der Waals surface area contributed by atoms with Crippen molar-refractivity contribution in [3.63, 3.8) is 0 Å². The van der Waals surface area contributed by atoms with E-state index in [1.165, 1.54) is 30.3 Å². The van der Waals surface area contributed by atoms with Crippen LogP contribution in [-0.4, -0.2) is 24.2 Å². The second-order valence-electron chi connectivity index (χ2n) is 4.95. The Morgan fingerprint density at radius 2 is 1.88 bits per heavy atom. The number of ether oxygens (including phenoxy) is 3. The zero-order valence-corrected chi connectivity index (χ0v) is 14.3. The van der Waals surface area contributed by atoms with E-state index >= 15 is 0 Å². The number of nitrogens with zero attached hydrogens (tertiary/aromatic N) is 1. The lowest BCUT2D eigenvalue weighted by molar-refractivity contribution is -0.385. The average Bonchev–Trinajstić information content (AvgIpc) is 3.33. The van der Waals surface area contributed by atoms with E-state index in [0.717, 1.165) is 0 Å². The maximum atomic E-state index is 11.1. The van der Waals surface area contributed by atoms with Gasteiger partial charge >= 0.3 is 5.69 Å². The first-order valence-electron chi connectivity index (χ1n) is 6.79. The Balaban J connectivity index is 1.88. The van der Waals surface area contributed by atoms with Gasteiger partial charge in [0.05, 0.1) is 21.6 Å². The SMILES string of the molecule is O=[N+]([O-])c1ccc(Oc2c(Cl)cc(Cl)cc2Cl)cc1OCC1CO1. The van der Waals surface area contributed by atoms with Crippen LogP contribution < -0.4 is 9.47 Å². The highest BCUT2D eigenvalue weighted by molar-refractivity contribution is 6.40. The zero-order valence-electron chi connectivity index (χ0n) is 12.0. The Morgan fingerprint density at radius 3 is 2.46 bits per heavy atom. The van der Waals surface area contributed by atoms with Gasteiger partial charge < -0.3 is 14.2 Å². The molecule has 0 amide bonds. The summed E-state index contributed by atoms with van der Waals surface area (Å²) < 4.78 is 16.1. The van der Waals surface area contributed by atoms with Crippen molar-refractivity contribution in [3.05, 3.63) is 55.5 Å². The van der Waals surface area contributed by atoms with Crippen molar-refractivity contribution in [2.75, 3.05) is 13.2 Å². The van der Waals surface area contributed by atoms with Gasteiger partial charge in [0.25, 0.3) is 0 Å². The van der Waals surface area contributed by atoms with Crippen LogP contribution in [-0.2, 0) is 4.74 Å². The Hall–Kier alpha value is -1.73. The Labute approximate surface area is 151 Å². The molecule has 1 atom stereocenters. The first kappa shape index (κ1) is 17.1. The summed E-state index contributed by atoms with van der Waals surface area (Å²) in [7, 11) is 0. The van der Waals surface area contributed by atoms with E-state index in [2.05, 4.69) is 0 Å². The number of halogens is 3. The maximum Gasteiger partial charge on any atom is 0.311 e. The van der Waals surface area contributed by atoms with Gasteiger partial charge in [0.2, 0.25) is 5.75 Å². The van der Waals surface area contributed by atoms with Crippen molar-refractivity contribution < 1.29 is 19.1 Å². The van der Waals surface area contributed by atoms with Crippen LogP contribution in [0.25, 0.3) is 0 Å². The van der Waals surface area contributed by atoms with E-state index in [4.69, 9.17) is 49.0 Å².